The largest absolute Gasteiger partial charge is 0.353 e. The fourth-order valence-corrected chi connectivity index (χ4v) is 10.4. The molecule has 1 unspecified atom stereocenters. The number of rotatable bonds is 4. The molecule has 11 rings (SSSR count). The van der Waals surface area contributed by atoms with E-state index in [4.69, 9.17) is 4.99 Å². The van der Waals surface area contributed by atoms with Crippen LogP contribution in [0.15, 0.2) is 169 Å². The maximum Gasteiger partial charge on any atom is 0.201 e. The number of nitrogens with one attached hydrogen (secondary N) is 1. The minimum atomic E-state index is -0.281. The standard InChI is InChI=1S/C46H29N3S2/c1-4-16-40-33(9-1)38-27-30(32-13-8-15-37-35-11-3-6-18-43(35)51-45(32)37)23-24-41(38)49(40)46-47-26-25-39(48-46)29-21-19-28(20-22-29)31-12-7-14-36-34-10-2-5-17-42(34)50-44(31)36/h1-27,46-47H. The molecule has 1 aliphatic rings. The molecule has 4 heterocycles. The third kappa shape index (κ3) is 4.45. The summed E-state index contributed by atoms with van der Waals surface area (Å²) in [5.41, 5.74) is 9.38. The number of benzene rings is 7. The zero-order valence-corrected chi connectivity index (χ0v) is 29.0. The van der Waals surface area contributed by atoms with Gasteiger partial charge < -0.3 is 9.88 Å². The van der Waals surface area contributed by atoms with Gasteiger partial charge in [0.15, 0.2) is 0 Å². The number of nitrogens with zero attached hydrogens (tertiary/aromatic N) is 2. The Kier molecular flexibility index (Phi) is 6.35. The maximum atomic E-state index is 5.31. The first-order valence-corrected chi connectivity index (χ1v) is 18.9. The highest BCUT2D eigenvalue weighted by Crippen LogP contribution is 2.43. The Morgan fingerprint density at radius 2 is 1.02 bits per heavy atom. The van der Waals surface area contributed by atoms with Crippen molar-refractivity contribution in [1.82, 2.24) is 9.88 Å². The molecule has 0 spiro atoms. The number of aliphatic imine (C=N–C) groups is 1. The van der Waals surface area contributed by atoms with Crippen LogP contribution in [0.25, 0.3) is 84.4 Å². The summed E-state index contributed by atoms with van der Waals surface area (Å²) in [6, 6.07) is 55.3. The Morgan fingerprint density at radius 3 is 1.73 bits per heavy atom. The summed E-state index contributed by atoms with van der Waals surface area (Å²) < 4.78 is 7.66. The van der Waals surface area contributed by atoms with Crippen LogP contribution in [0.4, 0.5) is 0 Å². The first-order valence-electron chi connectivity index (χ1n) is 17.2. The van der Waals surface area contributed by atoms with Gasteiger partial charge in [-0.3, -0.25) is 0 Å². The Morgan fingerprint density at radius 1 is 0.471 bits per heavy atom. The number of hydrogen-bond donors (Lipinski definition) is 1. The molecular formula is C46H29N3S2. The number of thiophene rings is 2. The average molecular weight is 688 g/mol. The molecule has 0 fully saturated rings. The molecule has 0 saturated carbocycles. The minimum Gasteiger partial charge on any atom is -0.353 e. The molecule has 1 N–H and O–H groups in total. The zero-order valence-electron chi connectivity index (χ0n) is 27.4. The number of para-hydroxylation sites is 1. The van der Waals surface area contributed by atoms with Crippen molar-refractivity contribution in [2.24, 2.45) is 4.99 Å². The molecule has 0 radical (unpaired) electrons. The van der Waals surface area contributed by atoms with E-state index in [1.54, 1.807) is 0 Å². The van der Waals surface area contributed by atoms with Crippen molar-refractivity contribution in [1.29, 1.82) is 0 Å². The quantitative estimate of drug-likeness (QED) is 0.196. The third-order valence-electron chi connectivity index (χ3n) is 10.3. The lowest BCUT2D eigenvalue weighted by atomic mass is 10.00. The van der Waals surface area contributed by atoms with Crippen molar-refractivity contribution >= 4 is 90.5 Å². The number of hydrogen-bond acceptors (Lipinski definition) is 4. The van der Waals surface area contributed by atoms with Gasteiger partial charge in [0.1, 0.15) is 0 Å². The zero-order chi connectivity index (χ0) is 33.5. The Balaban J connectivity index is 0.986. The highest BCUT2D eigenvalue weighted by molar-refractivity contribution is 7.26. The van der Waals surface area contributed by atoms with Crippen molar-refractivity contribution < 1.29 is 0 Å². The summed E-state index contributed by atoms with van der Waals surface area (Å²) in [7, 11) is 0. The van der Waals surface area contributed by atoms with E-state index in [0.717, 1.165) is 22.3 Å². The monoisotopic (exact) mass is 687 g/mol. The molecule has 3 nitrogen and oxygen atoms in total. The summed E-state index contributed by atoms with van der Waals surface area (Å²) >= 11 is 3.75. The average Bonchev–Trinajstić information content (AvgIpc) is 3.87. The second-order valence-corrected chi connectivity index (χ2v) is 15.2. The highest BCUT2D eigenvalue weighted by Gasteiger charge is 2.21. The Labute approximate surface area is 302 Å². The van der Waals surface area contributed by atoms with Crippen LogP contribution in [-0.2, 0) is 0 Å². The number of aromatic nitrogens is 1. The number of allylic oxidation sites excluding steroid dienone is 1. The molecule has 5 heteroatoms. The molecule has 1 aliphatic heterocycles. The topological polar surface area (TPSA) is 29.3 Å². The van der Waals surface area contributed by atoms with Gasteiger partial charge in [-0.25, -0.2) is 4.99 Å². The van der Waals surface area contributed by atoms with E-state index in [1.807, 2.05) is 28.9 Å². The van der Waals surface area contributed by atoms with Crippen LogP contribution in [0, 0.1) is 0 Å². The van der Waals surface area contributed by atoms with Gasteiger partial charge in [0.2, 0.25) is 6.29 Å². The van der Waals surface area contributed by atoms with E-state index < -0.39 is 0 Å². The molecule has 0 aliphatic carbocycles. The van der Waals surface area contributed by atoms with Crippen LogP contribution in [0.3, 0.4) is 0 Å². The van der Waals surface area contributed by atoms with Crippen molar-refractivity contribution in [3.05, 3.63) is 169 Å². The van der Waals surface area contributed by atoms with Crippen LogP contribution >= 0.6 is 22.7 Å². The van der Waals surface area contributed by atoms with E-state index in [2.05, 4.69) is 168 Å². The minimum absolute atomic E-state index is 0.281. The fraction of sp³-hybridized carbons (Fsp3) is 0.0217. The van der Waals surface area contributed by atoms with Crippen molar-refractivity contribution in [3.63, 3.8) is 0 Å². The lowest BCUT2D eigenvalue weighted by Crippen LogP contribution is -2.25. The fourth-order valence-electron chi connectivity index (χ4n) is 7.93. The van der Waals surface area contributed by atoms with Crippen molar-refractivity contribution in [2.45, 2.75) is 6.29 Å². The molecule has 10 aromatic rings. The first-order chi connectivity index (χ1) is 25.3. The normalized spacial score (nSPS) is 14.7. The SMILES string of the molecule is C1=CC(c2ccc(-c3cccc4c3sc3ccccc34)cc2)=NC(n2c3ccccc3c3cc(-c4cccc5c4sc4ccccc45)ccc32)N1. The predicted octanol–water partition coefficient (Wildman–Crippen LogP) is 12.9. The van der Waals surface area contributed by atoms with Gasteiger partial charge in [-0.1, -0.05) is 121 Å². The molecule has 51 heavy (non-hydrogen) atoms. The molecule has 240 valence electrons. The van der Waals surface area contributed by atoms with Crippen molar-refractivity contribution in [2.75, 3.05) is 0 Å². The smallest absolute Gasteiger partial charge is 0.201 e. The van der Waals surface area contributed by atoms with Gasteiger partial charge >= 0.3 is 0 Å². The molecule has 0 amide bonds. The second kappa shape index (κ2) is 11.3. The summed E-state index contributed by atoms with van der Waals surface area (Å²) in [5, 5.41) is 11.3. The molecule has 1 atom stereocenters. The second-order valence-electron chi connectivity index (χ2n) is 13.1. The van der Waals surface area contributed by atoms with Crippen LogP contribution < -0.4 is 5.32 Å². The summed E-state index contributed by atoms with van der Waals surface area (Å²) in [6.45, 7) is 0. The van der Waals surface area contributed by atoms with Crippen LogP contribution in [0.1, 0.15) is 11.9 Å². The van der Waals surface area contributed by atoms with E-state index in [1.165, 1.54) is 73.4 Å². The lowest BCUT2D eigenvalue weighted by Gasteiger charge is -2.22. The van der Waals surface area contributed by atoms with Gasteiger partial charge in [-0.05, 0) is 64.2 Å². The lowest BCUT2D eigenvalue weighted by molar-refractivity contribution is 0.499. The predicted molar refractivity (Wildman–Crippen MR) is 220 cm³/mol. The van der Waals surface area contributed by atoms with Gasteiger partial charge in [0, 0.05) is 57.3 Å². The summed E-state index contributed by atoms with van der Waals surface area (Å²) in [5.74, 6) is 0. The summed E-state index contributed by atoms with van der Waals surface area (Å²) in [4.78, 5) is 5.31. The van der Waals surface area contributed by atoms with E-state index in [9.17, 15) is 0 Å². The van der Waals surface area contributed by atoms with Gasteiger partial charge in [0.05, 0.1) is 16.7 Å². The molecular weight excluding hydrogens is 659 g/mol. The molecule has 0 saturated heterocycles. The first kappa shape index (κ1) is 28.8. The van der Waals surface area contributed by atoms with E-state index in [-0.39, 0.29) is 6.29 Å². The molecule has 3 aromatic heterocycles. The highest BCUT2D eigenvalue weighted by atomic mass is 32.1. The van der Waals surface area contributed by atoms with Gasteiger partial charge in [-0.15, -0.1) is 22.7 Å². The third-order valence-corrected chi connectivity index (χ3v) is 12.8. The van der Waals surface area contributed by atoms with Crippen LogP contribution in [-0.4, -0.2) is 10.3 Å². The van der Waals surface area contributed by atoms with Crippen LogP contribution in [0.2, 0.25) is 0 Å². The molecule has 7 aromatic carbocycles. The number of fused-ring (bicyclic) bond motifs is 9. The Hall–Kier alpha value is -6.01. The van der Waals surface area contributed by atoms with Gasteiger partial charge in [0.25, 0.3) is 0 Å². The van der Waals surface area contributed by atoms with E-state index in [0.29, 0.717) is 0 Å². The van der Waals surface area contributed by atoms with Crippen molar-refractivity contribution in [3.8, 4) is 22.3 Å². The van der Waals surface area contributed by atoms with Gasteiger partial charge in [-0.2, -0.15) is 0 Å². The van der Waals surface area contributed by atoms with Crippen LogP contribution in [0.5, 0.6) is 0 Å². The Bertz CT molecular complexity index is 3060. The summed E-state index contributed by atoms with van der Waals surface area (Å²) in [6.07, 6.45) is 3.84. The maximum absolute atomic E-state index is 5.31. The van der Waals surface area contributed by atoms with E-state index >= 15 is 0 Å². The molecule has 0 bridgehead atoms.